The average Bonchev–Trinajstić information content (AvgIpc) is 2.49. The number of hydrogen-bond donors (Lipinski definition) is 2. The molecule has 1 aromatic carbocycles. The highest BCUT2D eigenvalue weighted by Crippen LogP contribution is 2.37. The van der Waals surface area contributed by atoms with E-state index >= 15 is 0 Å². The number of phenols is 1. The number of piperazine rings is 1. The van der Waals surface area contributed by atoms with Crippen LogP contribution < -0.4 is 10.1 Å². The highest BCUT2D eigenvalue weighted by molar-refractivity contribution is 5.85. The van der Waals surface area contributed by atoms with Crippen LogP contribution in [0.3, 0.4) is 0 Å². The molecule has 1 fully saturated rings. The zero-order valence-corrected chi connectivity index (χ0v) is 15.2. The third kappa shape index (κ3) is 4.92. The number of benzene rings is 1. The number of methoxy groups -OCH3 is 1. The quantitative estimate of drug-likeness (QED) is 0.855. The number of nitrogens with one attached hydrogen (secondary N) is 1. The second-order valence-corrected chi connectivity index (χ2v) is 5.54. The summed E-state index contributed by atoms with van der Waals surface area (Å²) in [7, 11) is 1.67. The first-order valence-electron chi connectivity index (χ1n) is 7.49. The fourth-order valence-electron chi connectivity index (χ4n) is 2.99. The lowest BCUT2D eigenvalue weighted by molar-refractivity contribution is 0.126. The van der Waals surface area contributed by atoms with E-state index in [2.05, 4.69) is 24.1 Å². The summed E-state index contributed by atoms with van der Waals surface area (Å²) in [6.07, 6.45) is 1.12. The summed E-state index contributed by atoms with van der Waals surface area (Å²) in [6.45, 7) is 8.70. The Morgan fingerprint density at radius 1 is 1.27 bits per heavy atom. The molecule has 0 saturated carbocycles. The van der Waals surface area contributed by atoms with E-state index in [-0.39, 0.29) is 30.6 Å². The third-order valence-corrected chi connectivity index (χ3v) is 4.26. The molecule has 0 spiro atoms. The van der Waals surface area contributed by atoms with Gasteiger partial charge in [-0.3, -0.25) is 4.90 Å². The first-order valence-corrected chi connectivity index (χ1v) is 7.49. The van der Waals surface area contributed by atoms with Gasteiger partial charge < -0.3 is 15.2 Å². The molecule has 1 aliphatic rings. The van der Waals surface area contributed by atoms with Gasteiger partial charge in [0.25, 0.3) is 0 Å². The monoisotopic (exact) mass is 350 g/mol. The van der Waals surface area contributed by atoms with Crippen molar-refractivity contribution < 1.29 is 9.84 Å². The largest absolute Gasteiger partial charge is 0.508 e. The molecule has 2 atom stereocenters. The Morgan fingerprint density at radius 2 is 1.91 bits per heavy atom. The summed E-state index contributed by atoms with van der Waals surface area (Å²) in [5.74, 6) is 1.59. The van der Waals surface area contributed by atoms with Gasteiger partial charge in [-0.05, 0) is 12.0 Å². The SMILES string of the molecule is CCC(C)[C@@H](c1ccc(O)cc1OC)N1CCNCC1.Cl.Cl. The first kappa shape index (κ1) is 21.3. The first-order chi connectivity index (χ1) is 9.67. The molecule has 2 rings (SSSR count). The molecule has 0 aliphatic carbocycles. The Hall–Kier alpha value is -0.680. The van der Waals surface area contributed by atoms with Crippen molar-refractivity contribution in [3.8, 4) is 11.5 Å². The summed E-state index contributed by atoms with van der Waals surface area (Å²) in [4.78, 5) is 2.53. The Bertz CT molecular complexity index is 440. The van der Waals surface area contributed by atoms with Crippen LogP contribution in [-0.2, 0) is 0 Å². The zero-order chi connectivity index (χ0) is 14.5. The molecule has 2 N–H and O–H groups in total. The van der Waals surface area contributed by atoms with Crippen molar-refractivity contribution in [1.29, 1.82) is 0 Å². The van der Waals surface area contributed by atoms with E-state index in [0.29, 0.717) is 12.0 Å². The lowest BCUT2D eigenvalue weighted by Crippen LogP contribution is -2.46. The van der Waals surface area contributed by atoms with Crippen LogP contribution in [-0.4, -0.2) is 43.3 Å². The van der Waals surface area contributed by atoms with Crippen molar-refractivity contribution in [1.82, 2.24) is 10.2 Å². The lowest BCUT2D eigenvalue weighted by Gasteiger charge is -2.39. The highest BCUT2D eigenvalue weighted by Gasteiger charge is 2.28. The molecule has 0 bridgehead atoms. The summed E-state index contributed by atoms with van der Waals surface area (Å²) in [5.41, 5.74) is 1.18. The number of nitrogens with zero attached hydrogens (tertiary/aromatic N) is 1. The number of ether oxygens (including phenoxy) is 1. The number of halogens is 2. The Morgan fingerprint density at radius 3 is 2.45 bits per heavy atom. The van der Waals surface area contributed by atoms with Gasteiger partial charge in [0.05, 0.1) is 7.11 Å². The van der Waals surface area contributed by atoms with E-state index in [9.17, 15) is 5.11 Å². The van der Waals surface area contributed by atoms with Crippen molar-refractivity contribution in [2.75, 3.05) is 33.3 Å². The molecule has 1 heterocycles. The second kappa shape index (κ2) is 10.2. The van der Waals surface area contributed by atoms with Crippen LogP contribution in [0.15, 0.2) is 18.2 Å². The van der Waals surface area contributed by atoms with E-state index in [4.69, 9.17) is 4.74 Å². The molecular weight excluding hydrogens is 323 g/mol. The maximum absolute atomic E-state index is 9.65. The minimum atomic E-state index is 0. The normalized spacial score (nSPS) is 17.8. The van der Waals surface area contributed by atoms with Crippen molar-refractivity contribution in [3.63, 3.8) is 0 Å². The molecule has 1 aliphatic heterocycles. The van der Waals surface area contributed by atoms with Gasteiger partial charge in [-0.1, -0.05) is 26.3 Å². The van der Waals surface area contributed by atoms with Crippen LogP contribution in [0.4, 0.5) is 0 Å². The molecule has 1 unspecified atom stereocenters. The van der Waals surface area contributed by atoms with E-state index in [1.165, 1.54) is 5.56 Å². The van der Waals surface area contributed by atoms with Crippen molar-refractivity contribution in [2.45, 2.75) is 26.3 Å². The van der Waals surface area contributed by atoms with E-state index in [0.717, 1.165) is 38.3 Å². The molecule has 0 radical (unpaired) electrons. The van der Waals surface area contributed by atoms with Crippen molar-refractivity contribution >= 4 is 24.8 Å². The third-order valence-electron chi connectivity index (χ3n) is 4.26. The summed E-state index contributed by atoms with van der Waals surface area (Å²) >= 11 is 0. The van der Waals surface area contributed by atoms with Crippen LogP contribution in [0.25, 0.3) is 0 Å². The van der Waals surface area contributed by atoms with E-state index in [1.807, 2.05) is 6.07 Å². The molecule has 0 aromatic heterocycles. The second-order valence-electron chi connectivity index (χ2n) is 5.54. The maximum atomic E-state index is 9.65. The molecule has 22 heavy (non-hydrogen) atoms. The predicted molar refractivity (Wildman–Crippen MR) is 95.8 cm³/mol. The Labute approximate surface area is 146 Å². The van der Waals surface area contributed by atoms with Crippen LogP contribution in [0.1, 0.15) is 31.9 Å². The molecule has 6 heteroatoms. The van der Waals surface area contributed by atoms with Crippen molar-refractivity contribution in [3.05, 3.63) is 23.8 Å². The number of phenolic OH excluding ortho intramolecular Hbond substituents is 1. The van der Waals surface area contributed by atoms with Crippen molar-refractivity contribution in [2.24, 2.45) is 5.92 Å². The maximum Gasteiger partial charge on any atom is 0.127 e. The molecule has 0 amide bonds. The molecule has 4 nitrogen and oxygen atoms in total. The smallest absolute Gasteiger partial charge is 0.127 e. The van der Waals surface area contributed by atoms with Gasteiger partial charge in [0.15, 0.2) is 0 Å². The van der Waals surface area contributed by atoms with Gasteiger partial charge >= 0.3 is 0 Å². The van der Waals surface area contributed by atoms with Crippen LogP contribution >= 0.6 is 24.8 Å². The molecule has 1 aromatic rings. The standard InChI is InChI=1S/C16H26N2O2.2ClH/c1-4-12(2)16(18-9-7-17-8-10-18)14-6-5-13(19)11-15(14)20-3;;/h5-6,11-12,16-17,19H,4,7-10H2,1-3H3;2*1H/t12?,16-;;/m0../s1. The minimum absolute atomic E-state index is 0. The van der Waals surface area contributed by atoms with Crippen LogP contribution in [0.5, 0.6) is 11.5 Å². The fourth-order valence-corrected chi connectivity index (χ4v) is 2.99. The highest BCUT2D eigenvalue weighted by atomic mass is 35.5. The zero-order valence-electron chi connectivity index (χ0n) is 13.5. The Kier molecular flexibility index (Phi) is 9.85. The van der Waals surface area contributed by atoms with Crippen LogP contribution in [0.2, 0.25) is 0 Å². The van der Waals surface area contributed by atoms with Crippen LogP contribution in [0, 0.1) is 5.92 Å². The number of aromatic hydroxyl groups is 1. The molecule has 1 saturated heterocycles. The molecular formula is C16H28Cl2N2O2. The van der Waals surface area contributed by atoms with Gasteiger partial charge in [-0.15, -0.1) is 24.8 Å². The summed E-state index contributed by atoms with van der Waals surface area (Å²) in [5, 5.41) is 13.1. The predicted octanol–water partition coefficient (Wildman–Crippen LogP) is 3.24. The van der Waals surface area contributed by atoms with Gasteiger partial charge in [0.2, 0.25) is 0 Å². The topological polar surface area (TPSA) is 44.7 Å². The molecule has 128 valence electrons. The Balaban J connectivity index is 0.00000220. The van der Waals surface area contributed by atoms with E-state index < -0.39 is 0 Å². The van der Waals surface area contributed by atoms with Gasteiger partial charge in [-0.25, -0.2) is 0 Å². The average molecular weight is 351 g/mol. The summed E-state index contributed by atoms with van der Waals surface area (Å²) in [6, 6.07) is 5.83. The summed E-state index contributed by atoms with van der Waals surface area (Å²) < 4.78 is 5.49. The lowest BCUT2D eigenvalue weighted by atomic mass is 9.90. The van der Waals surface area contributed by atoms with Gasteiger partial charge in [-0.2, -0.15) is 0 Å². The van der Waals surface area contributed by atoms with Gasteiger partial charge in [0, 0.05) is 43.9 Å². The van der Waals surface area contributed by atoms with Gasteiger partial charge in [0.1, 0.15) is 11.5 Å². The minimum Gasteiger partial charge on any atom is -0.508 e. The van der Waals surface area contributed by atoms with E-state index in [1.54, 1.807) is 19.2 Å². The number of rotatable bonds is 5. The fraction of sp³-hybridized carbons (Fsp3) is 0.625. The number of hydrogen-bond acceptors (Lipinski definition) is 4.